The molecule has 0 heterocycles. The van der Waals surface area contributed by atoms with Crippen LogP contribution in [0.5, 0.6) is 0 Å². The van der Waals surface area contributed by atoms with Gasteiger partial charge in [0.25, 0.3) is 0 Å². The molecule has 0 radical (unpaired) electrons. The van der Waals surface area contributed by atoms with Gasteiger partial charge in [0, 0.05) is 13.5 Å². The van der Waals surface area contributed by atoms with Gasteiger partial charge < -0.3 is 10.2 Å². The maximum atomic E-state index is 12.3. The first-order chi connectivity index (χ1) is 12.0. The Bertz CT molecular complexity index is 706. The number of para-hydroxylation sites is 1. The van der Waals surface area contributed by atoms with Gasteiger partial charge in [-0.3, -0.25) is 9.59 Å². The number of nitrogens with zero attached hydrogens (tertiary/aromatic N) is 1. The van der Waals surface area contributed by atoms with Crippen molar-refractivity contribution >= 4 is 17.5 Å². The first-order valence-corrected chi connectivity index (χ1v) is 8.64. The average molecular weight is 338 g/mol. The number of aryl methyl sites for hydroxylation is 3. The van der Waals surface area contributed by atoms with Gasteiger partial charge in [0.15, 0.2) is 0 Å². The Kier molecular flexibility index (Phi) is 6.75. The Morgan fingerprint density at radius 3 is 2.20 bits per heavy atom. The molecule has 2 aromatic rings. The number of hydrogen-bond donors (Lipinski definition) is 1. The quantitative estimate of drug-likeness (QED) is 0.787. The lowest BCUT2D eigenvalue weighted by Gasteiger charge is -2.24. The Labute approximate surface area is 149 Å². The summed E-state index contributed by atoms with van der Waals surface area (Å²) < 4.78 is 0. The van der Waals surface area contributed by atoms with E-state index in [-0.39, 0.29) is 18.4 Å². The molecule has 0 aliphatic carbocycles. The molecule has 0 saturated carbocycles. The van der Waals surface area contributed by atoms with Crippen LogP contribution in [0.25, 0.3) is 0 Å². The molecule has 1 N–H and O–H groups in total. The summed E-state index contributed by atoms with van der Waals surface area (Å²) in [6.45, 7) is 6.05. The molecule has 2 rings (SSSR count). The highest BCUT2D eigenvalue weighted by Gasteiger charge is 2.19. The molecule has 0 fully saturated rings. The number of carbonyl (C=O) groups is 2. The van der Waals surface area contributed by atoms with Crippen LogP contribution in [0.2, 0.25) is 0 Å². The minimum Gasteiger partial charge on any atom is -0.355 e. The Balaban J connectivity index is 1.89. The van der Waals surface area contributed by atoms with E-state index in [1.165, 1.54) is 12.5 Å². The van der Waals surface area contributed by atoms with Crippen molar-refractivity contribution in [1.29, 1.82) is 0 Å². The molecular weight excluding hydrogens is 312 g/mol. The molecule has 0 unspecified atom stereocenters. The van der Waals surface area contributed by atoms with Crippen molar-refractivity contribution in [3.8, 4) is 0 Å². The van der Waals surface area contributed by atoms with Crippen molar-refractivity contribution in [3.05, 3.63) is 65.2 Å². The Morgan fingerprint density at radius 1 is 0.960 bits per heavy atom. The van der Waals surface area contributed by atoms with Crippen LogP contribution in [-0.4, -0.2) is 24.9 Å². The van der Waals surface area contributed by atoms with Gasteiger partial charge in [0.05, 0.1) is 5.69 Å². The third-order valence-electron chi connectivity index (χ3n) is 4.20. The van der Waals surface area contributed by atoms with Crippen molar-refractivity contribution in [2.75, 3.05) is 18.0 Å². The summed E-state index contributed by atoms with van der Waals surface area (Å²) in [6, 6.07) is 16.1. The smallest absolute Gasteiger partial charge is 0.240 e. The number of benzene rings is 2. The van der Waals surface area contributed by atoms with E-state index in [9.17, 15) is 9.59 Å². The van der Waals surface area contributed by atoms with Crippen LogP contribution in [0.3, 0.4) is 0 Å². The fraction of sp³-hybridized carbons (Fsp3) is 0.333. The molecule has 0 bridgehead atoms. The van der Waals surface area contributed by atoms with E-state index in [0.29, 0.717) is 6.54 Å². The van der Waals surface area contributed by atoms with Gasteiger partial charge in [0.1, 0.15) is 6.54 Å². The lowest BCUT2D eigenvalue weighted by atomic mass is 10.1. The maximum absolute atomic E-state index is 12.3. The zero-order chi connectivity index (χ0) is 18.2. The highest BCUT2D eigenvalue weighted by Crippen LogP contribution is 2.24. The second kappa shape index (κ2) is 9.02. The summed E-state index contributed by atoms with van der Waals surface area (Å²) in [6.07, 6.45) is 1.80. The summed E-state index contributed by atoms with van der Waals surface area (Å²) >= 11 is 0. The second-order valence-electron chi connectivity index (χ2n) is 6.28. The fourth-order valence-electron chi connectivity index (χ4n) is 2.94. The van der Waals surface area contributed by atoms with Crippen molar-refractivity contribution in [1.82, 2.24) is 5.32 Å². The standard InChI is InChI=1S/C21H26N2O2/c1-16-9-7-10-17(2)21(16)23(18(3)24)15-20(25)22-14-8-13-19-11-5-4-6-12-19/h4-7,9-12H,8,13-15H2,1-3H3,(H,22,25). The van der Waals surface area contributed by atoms with Crippen LogP contribution < -0.4 is 10.2 Å². The summed E-state index contributed by atoms with van der Waals surface area (Å²) in [4.78, 5) is 25.9. The third kappa shape index (κ3) is 5.45. The zero-order valence-electron chi connectivity index (χ0n) is 15.2. The zero-order valence-corrected chi connectivity index (χ0v) is 15.2. The van der Waals surface area contributed by atoms with E-state index in [0.717, 1.165) is 29.7 Å². The van der Waals surface area contributed by atoms with E-state index in [1.54, 1.807) is 4.90 Å². The lowest BCUT2D eigenvalue weighted by molar-refractivity contribution is -0.123. The molecule has 4 nitrogen and oxygen atoms in total. The van der Waals surface area contributed by atoms with Crippen LogP contribution in [0.15, 0.2) is 48.5 Å². The van der Waals surface area contributed by atoms with E-state index < -0.39 is 0 Å². The summed E-state index contributed by atoms with van der Waals surface area (Å²) in [5.41, 5.74) is 4.08. The van der Waals surface area contributed by atoms with Gasteiger partial charge >= 0.3 is 0 Å². The van der Waals surface area contributed by atoms with Gasteiger partial charge in [-0.15, -0.1) is 0 Å². The monoisotopic (exact) mass is 338 g/mol. The topological polar surface area (TPSA) is 49.4 Å². The molecular formula is C21H26N2O2. The predicted octanol–water partition coefficient (Wildman–Crippen LogP) is 3.41. The molecule has 2 amide bonds. The second-order valence-corrected chi connectivity index (χ2v) is 6.28. The van der Waals surface area contributed by atoms with E-state index in [2.05, 4.69) is 17.4 Å². The van der Waals surface area contributed by atoms with Gasteiger partial charge in [-0.25, -0.2) is 0 Å². The largest absolute Gasteiger partial charge is 0.355 e. The normalized spacial score (nSPS) is 10.4. The van der Waals surface area contributed by atoms with Crippen LogP contribution >= 0.6 is 0 Å². The fourth-order valence-corrected chi connectivity index (χ4v) is 2.94. The number of anilines is 1. The third-order valence-corrected chi connectivity index (χ3v) is 4.20. The van der Waals surface area contributed by atoms with Crippen molar-refractivity contribution in [2.45, 2.75) is 33.6 Å². The van der Waals surface area contributed by atoms with Crippen LogP contribution in [-0.2, 0) is 16.0 Å². The van der Waals surface area contributed by atoms with E-state index >= 15 is 0 Å². The summed E-state index contributed by atoms with van der Waals surface area (Å²) in [5.74, 6) is -0.261. The van der Waals surface area contributed by atoms with Gasteiger partial charge in [-0.05, 0) is 43.4 Å². The SMILES string of the molecule is CC(=O)N(CC(=O)NCCCc1ccccc1)c1c(C)cccc1C. The number of amides is 2. The first-order valence-electron chi connectivity index (χ1n) is 8.64. The average Bonchev–Trinajstić information content (AvgIpc) is 2.58. The van der Waals surface area contributed by atoms with Gasteiger partial charge in [0.2, 0.25) is 11.8 Å². The summed E-state index contributed by atoms with van der Waals surface area (Å²) in [5, 5.41) is 2.91. The van der Waals surface area contributed by atoms with Crippen molar-refractivity contribution in [2.24, 2.45) is 0 Å². The van der Waals surface area contributed by atoms with Crippen LogP contribution in [0.4, 0.5) is 5.69 Å². The highest BCUT2D eigenvalue weighted by molar-refractivity contribution is 5.98. The number of rotatable bonds is 7. The Morgan fingerprint density at radius 2 is 1.60 bits per heavy atom. The first kappa shape index (κ1) is 18.7. The molecule has 0 aliphatic rings. The minimum atomic E-state index is -0.133. The molecule has 2 aromatic carbocycles. The molecule has 0 atom stereocenters. The van der Waals surface area contributed by atoms with Gasteiger partial charge in [-0.2, -0.15) is 0 Å². The van der Waals surface area contributed by atoms with Crippen LogP contribution in [0.1, 0.15) is 30.0 Å². The van der Waals surface area contributed by atoms with E-state index in [1.807, 2.05) is 50.2 Å². The maximum Gasteiger partial charge on any atom is 0.240 e. The number of nitrogens with one attached hydrogen (secondary N) is 1. The lowest BCUT2D eigenvalue weighted by Crippen LogP contribution is -2.40. The molecule has 0 aliphatic heterocycles. The van der Waals surface area contributed by atoms with Crippen molar-refractivity contribution < 1.29 is 9.59 Å². The number of hydrogen-bond acceptors (Lipinski definition) is 2. The molecule has 0 aromatic heterocycles. The minimum absolute atomic E-state index is 0.0480. The van der Waals surface area contributed by atoms with E-state index in [4.69, 9.17) is 0 Å². The predicted molar refractivity (Wildman–Crippen MR) is 102 cm³/mol. The van der Waals surface area contributed by atoms with Crippen LogP contribution in [0, 0.1) is 13.8 Å². The molecule has 25 heavy (non-hydrogen) atoms. The number of carbonyl (C=O) groups excluding carboxylic acids is 2. The molecule has 4 heteroatoms. The van der Waals surface area contributed by atoms with Crippen molar-refractivity contribution in [3.63, 3.8) is 0 Å². The molecule has 0 spiro atoms. The van der Waals surface area contributed by atoms with Gasteiger partial charge in [-0.1, -0.05) is 48.5 Å². The molecule has 132 valence electrons. The molecule has 0 saturated heterocycles. The Hall–Kier alpha value is -2.62. The highest BCUT2D eigenvalue weighted by atomic mass is 16.2. The summed E-state index contributed by atoms with van der Waals surface area (Å²) in [7, 11) is 0.